The number of nitrogens with zero attached hydrogens (tertiary/aromatic N) is 6. The molecule has 2 amide bonds. The third-order valence-corrected chi connectivity index (χ3v) is 8.94. The number of aromatic hydroxyl groups is 1. The van der Waals surface area contributed by atoms with Crippen LogP contribution in [-0.4, -0.2) is 59.1 Å². The van der Waals surface area contributed by atoms with Crippen LogP contribution in [0, 0.1) is 0 Å². The van der Waals surface area contributed by atoms with E-state index in [-0.39, 0.29) is 44.8 Å². The summed E-state index contributed by atoms with van der Waals surface area (Å²) >= 11 is 9.27. The third kappa shape index (κ3) is 5.31. The van der Waals surface area contributed by atoms with Gasteiger partial charge >= 0.3 is 6.18 Å². The summed E-state index contributed by atoms with van der Waals surface area (Å²) in [4.78, 5) is 50.2. The van der Waals surface area contributed by atoms with Gasteiger partial charge in [-0.3, -0.25) is 14.4 Å². The number of hydrogen-bond acceptors (Lipinski definition) is 7. The predicted octanol–water partition coefficient (Wildman–Crippen LogP) is 4.58. The van der Waals surface area contributed by atoms with Gasteiger partial charge in [-0.25, -0.2) is 4.98 Å². The highest BCUT2D eigenvalue weighted by atomic mass is 79.9. The van der Waals surface area contributed by atoms with Gasteiger partial charge in [0.2, 0.25) is 16.4 Å². The smallest absolute Gasteiger partial charge is 0.416 e. The number of anilines is 1. The highest BCUT2D eigenvalue weighted by molar-refractivity contribution is 9.10. The molecule has 3 aromatic heterocycles. The molecular formula is C28H24BrClF3N7O4. The number of rotatable bonds is 4. The topological polar surface area (TPSA) is 135 Å². The summed E-state index contributed by atoms with van der Waals surface area (Å²) in [5.74, 6) is -1.07. The second-order valence-corrected chi connectivity index (χ2v) is 12.0. The Morgan fingerprint density at radius 3 is 2.59 bits per heavy atom. The van der Waals surface area contributed by atoms with Crippen LogP contribution < -0.4 is 10.9 Å². The fourth-order valence-electron chi connectivity index (χ4n) is 6.23. The van der Waals surface area contributed by atoms with E-state index in [1.807, 2.05) is 0 Å². The van der Waals surface area contributed by atoms with E-state index in [2.05, 4.69) is 36.3 Å². The van der Waals surface area contributed by atoms with E-state index in [0.717, 1.165) is 22.7 Å². The Morgan fingerprint density at radius 1 is 1.16 bits per heavy atom. The van der Waals surface area contributed by atoms with Crippen molar-refractivity contribution < 1.29 is 27.9 Å². The van der Waals surface area contributed by atoms with Gasteiger partial charge in [0.05, 0.1) is 16.3 Å². The van der Waals surface area contributed by atoms with Crippen molar-refractivity contribution in [2.45, 2.75) is 50.2 Å². The molecule has 0 saturated carbocycles. The Bertz CT molecular complexity index is 1870. The molecule has 1 saturated heterocycles. The zero-order valence-electron chi connectivity index (χ0n) is 22.9. The number of aromatic nitrogens is 5. The van der Waals surface area contributed by atoms with Crippen molar-refractivity contribution >= 4 is 50.8 Å². The molecule has 11 nitrogen and oxygen atoms in total. The second-order valence-electron chi connectivity index (χ2n) is 10.8. The third-order valence-electron chi connectivity index (χ3n) is 8.29. The number of pyridine rings is 1. The molecule has 2 N–H and O–H groups in total. The van der Waals surface area contributed by atoms with Gasteiger partial charge in [0, 0.05) is 36.0 Å². The minimum absolute atomic E-state index is 0.00528. The summed E-state index contributed by atoms with van der Waals surface area (Å²) < 4.78 is 42.1. The molecule has 2 aliphatic rings. The second kappa shape index (κ2) is 11.2. The zero-order valence-corrected chi connectivity index (χ0v) is 25.2. The Kier molecular flexibility index (Phi) is 7.64. The molecule has 16 heteroatoms. The average Bonchev–Trinajstić information content (AvgIpc) is 3.38. The Morgan fingerprint density at radius 2 is 1.91 bits per heavy atom. The maximum Gasteiger partial charge on any atom is 0.416 e. The number of hydrogen-bond donors (Lipinski definition) is 2. The molecule has 1 aliphatic heterocycles. The summed E-state index contributed by atoms with van der Waals surface area (Å²) in [5.41, 5.74) is -0.827. The highest BCUT2D eigenvalue weighted by Crippen LogP contribution is 2.44. The lowest BCUT2D eigenvalue weighted by atomic mass is 9.66. The number of fused-ring (bicyclic) bond motifs is 3. The lowest BCUT2D eigenvalue weighted by molar-refractivity contribution is -0.137. The van der Waals surface area contributed by atoms with Crippen molar-refractivity contribution in [3.8, 4) is 5.75 Å². The molecular weight excluding hydrogens is 671 g/mol. The van der Waals surface area contributed by atoms with Crippen molar-refractivity contribution in [2.24, 2.45) is 0 Å². The summed E-state index contributed by atoms with van der Waals surface area (Å²) in [5, 5.41) is 16.6. The number of carbonyl (C=O) groups is 2. The first-order valence-electron chi connectivity index (χ1n) is 13.7. The zero-order chi connectivity index (χ0) is 31.4. The van der Waals surface area contributed by atoms with E-state index in [9.17, 15) is 32.7 Å². The molecule has 44 heavy (non-hydrogen) atoms. The van der Waals surface area contributed by atoms with E-state index in [1.165, 1.54) is 18.3 Å². The van der Waals surface area contributed by atoms with Crippen molar-refractivity contribution in [3.63, 3.8) is 0 Å². The maximum atomic E-state index is 13.9. The monoisotopic (exact) mass is 693 g/mol. The van der Waals surface area contributed by atoms with Crippen LogP contribution in [-0.2, 0) is 29.4 Å². The van der Waals surface area contributed by atoms with Crippen LogP contribution in [0.2, 0.25) is 5.02 Å². The Balaban J connectivity index is 1.32. The lowest BCUT2D eigenvalue weighted by Crippen LogP contribution is -2.50. The Hall–Kier alpha value is -3.98. The number of benzene rings is 1. The fraction of sp³-hybridized carbons (Fsp3) is 0.357. The van der Waals surface area contributed by atoms with E-state index >= 15 is 0 Å². The molecule has 230 valence electrons. The molecule has 4 aromatic rings. The van der Waals surface area contributed by atoms with Gasteiger partial charge in [-0.15, -0.1) is 5.10 Å². The maximum absolute atomic E-state index is 13.9. The van der Waals surface area contributed by atoms with Crippen LogP contribution in [0.4, 0.5) is 18.9 Å². The number of halogens is 5. The van der Waals surface area contributed by atoms with Gasteiger partial charge in [-0.05, 0) is 78.4 Å². The number of alkyl halides is 3. The number of nitrogens with one attached hydrogen (secondary N) is 1. The largest absolute Gasteiger partial charge is 0.505 e. The van der Waals surface area contributed by atoms with Crippen LogP contribution in [0.15, 0.2) is 46.1 Å². The van der Waals surface area contributed by atoms with Crippen LogP contribution in [0.1, 0.15) is 53.0 Å². The predicted molar refractivity (Wildman–Crippen MR) is 156 cm³/mol. The molecule has 4 heterocycles. The van der Waals surface area contributed by atoms with Gasteiger partial charge < -0.3 is 19.9 Å². The van der Waals surface area contributed by atoms with Crippen molar-refractivity contribution in [1.29, 1.82) is 0 Å². The summed E-state index contributed by atoms with van der Waals surface area (Å²) in [6.07, 6.45) is -0.367. The molecule has 0 atom stereocenters. The lowest BCUT2D eigenvalue weighted by Gasteiger charge is -2.45. The molecule has 1 fully saturated rings. The first-order chi connectivity index (χ1) is 20.9. The van der Waals surface area contributed by atoms with E-state index in [4.69, 9.17) is 11.6 Å². The van der Waals surface area contributed by atoms with Gasteiger partial charge in [0.25, 0.3) is 11.5 Å². The fourth-order valence-corrected chi connectivity index (χ4v) is 6.77. The minimum atomic E-state index is -4.59. The average molecular weight is 695 g/mol. The molecule has 1 spiro atoms. The first-order valence-corrected chi connectivity index (χ1v) is 14.8. The van der Waals surface area contributed by atoms with Gasteiger partial charge in [0.1, 0.15) is 12.3 Å². The molecule has 0 bridgehead atoms. The normalized spacial score (nSPS) is 16.2. The van der Waals surface area contributed by atoms with E-state index < -0.39 is 29.0 Å². The number of carbonyl (C=O) groups excluding carboxylic acids is 2. The van der Waals surface area contributed by atoms with Crippen LogP contribution >= 0.6 is 27.5 Å². The van der Waals surface area contributed by atoms with Gasteiger partial charge in [-0.1, -0.05) is 11.6 Å². The number of likely N-dealkylation sites (tertiary alicyclic amines) is 1. The summed E-state index contributed by atoms with van der Waals surface area (Å²) in [7, 11) is 0. The molecule has 1 aromatic carbocycles. The first kappa shape index (κ1) is 30.1. The van der Waals surface area contributed by atoms with E-state index in [0.29, 0.717) is 56.5 Å². The molecule has 0 radical (unpaired) electrons. The Labute approximate surface area is 260 Å². The van der Waals surface area contributed by atoms with Crippen molar-refractivity contribution in [2.75, 3.05) is 18.4 Å². The summed E-state index contributed by atoms with van der Waals surface area (Å²) in [6, 6.07) is 5.58. The standard InChI is InChI=1S/C28H24BrClF3N7O4/c29-25-36-26-39(14-20(42)35-17-6-5-15(13-16(17)30)28(31,32)33)18-3-1-7-27(21(18)23(43)40(26)37-25)8-11-38(12-9-27)24(44)22-19(41)4-2-10-34-22/h2,4-6,10,13,41H,1,3,7-9,11-12,14H2,(H,35,42). The number of amides is 2. The van der Waals surface area contributed by atoms with Crippen LogP contribution in [0.3, 0.4) is 0 Å². The highest BCUT2D eigenvalue weighted by Gasteiger charge is 2.44. The molecule has 0 unspecified atom stereocenters. The van der Waals surface area contributed by atoms with Crippen LogP contribution in [0.25, 0.3) is 5.78 Å². The summed E-state index contributed by atoms with van der Waals surface area (Å²) in [6.45, 7) is 0.327. The molecule has 1 aliphatic carbocycles. The van der Waals surface area contributed by atoms with E-state index in [1.54, 1.807) is 9.47 Å². The van der Waals surface area contributed by atoms with Crippen LogP contribution in [0.5, 0.6) is 5.75 Å². The van der Waals surface area contributed by atoms with Crippen molar-refractivity contribution in [1.82, 2.24) is 29.0 Å². The quantitative estimate of drug-likeness (QED) is 0.320. The van der Waals surface area contributed by atoms with Gasteiger partial charge in [0.15, 0.2) is 5.69 Å². The SMILES string of the molecule is O=C(Cn1c2c(c(=O)n3nc(Br)nc13)C1(CCC2)CCN(C(=O)c2ncccc2O)CC1)Nc1ccc(C(F)(F)F)cc1Cl. The minimum Gasteiger partial charge on any atom is -0.505 e. The molecule has 6 rings (SSSR count). The number of piperidine rings is 1. The van der Waals surface area contributed by atoms with Crippen molar-refractivity contribution in [3.05, 3.63) is 79.2 Å². The van der Waals surface area contributed by atoms with Gasteiger partial charge in [-0.2, -0.15) is 22.7 Å².